The number of fused-ring (bicyclic) bond motifs is 1. The first kappa shape index (κ1) is 20.4. The first-order valence-corrected chi connectivity index (χ1v) is 10.5. The summed E-state index contributed by atoms with van der Waals surface area (Å²) in [6.45, 7) is 0. The standard InChI is InChI=1S/C26H20FN5O/c27-21-14-11-18(12-15-21)13-16-24(33)29-25-30-26-28-22(19-7-3-1-4-8-19)17-23(32(26)31-25)20-9-5-2-6-10-20/h1-17,23H,(H2,28,29,30,31,33)/b16-13+/t23-/m0/s1. The molecule has 5 rings (SSSR count). The van der Waals surface area contributed by atoms with Crippen molar-refractivity contribution < 1.29 is 9.18 Å². The van der Waals surface area contributed by atoms with Crippen molar-refractivity contribution >= 4 is 29.6 Å². The fourth-order valence-corrected chi connectivity index (χ4v) is 3.62. The molecule has 4 aromatic rings. The highest BCUT2D eigenvalue weighted by Crippen LogP contribution is 2.33. The van der Waals surface area contributed by atoms with Gasteiger partial charge in [0.25, 0.3) is 11.9 Å². The summed E-state index contributed by atoms with van der Waals surface area (Å²) in [6.07, 6.45) is 5.06. The summed E-state index contributed by atoms with van der Waals surface area (Å²) in [5.41, 5.74) is 3.71. The van der Waals surface area contributed by atoms with Crippen LogP contribution in [-0.2, 0) is 4.79 Å². The Morgan fingerprint density at radius 3 is 2.39 bits per heavy atom. The molecule has 1 amide bonds. The molecule has 3 aromatic carbocycles. The molecule has 2 heterocycles. The van der Waals surface area contributed by atoms with Gasteiger partial charge in [0.05, 0.1) is 0 Å². The minimum absolute atomic E-state index is 0.189. The van der Waals surface area contributed by atoms with Crippen molar-refractivity contribution in [3.63, 3.8) is 0 Å². The van der Waals surface area contributed by atoms with Crippen LogP contribution in [0.2, 0.25) is 0 Å². The Morgan fingerprint density at radius 2 is 1.67 bits per heavy atom. The first-order chi connectivity index (χ1) is 16.2. The Morgan fingerprint density at radius 1 is 0.970 bits per heavy atom. The molecule has 1 aliphatic heterocycles. The fourth-order valence-electron chi connectivity index (χ4n) is 3.62. The van der Waals surface area contributed by atoms with E-state index in [0.717, 1.165) is 16.8 Å². The largest absolute Gasteiger partial charge is 0.324 e. The van der Waals surface area contributed by atoms with Gasteiger partial charge in [-0.05, 0) is 41.0 Å². The molecule has 33 heavy (non-hydrogen) atoms. The highest BCUT2D eigenvalue weighted by molar-refractivity contribution is 6.01. The van der Waals surface area contributed by atoms with Gasteiger partial charge in [-0.2, -0.15) is 4.98 Å². The average Bonchev–Trinajstić information content (AvgIpc) is 3.26. The van der Waals surface area contributed by atoms with Gasteiger partial charge >= 0.3 is 0 Å². The topological polar surface area (TPSA) is 71.8 Å². The molecule has 0 fully saturated rings. The molecular weight excluding hydrogens is 417 g/mol. The normalized spacial score (nSPS) is 14.9. The zero-order valence-electron chi connectivity index (χ0n) is 17.5. The number of nitrogens with one attached hydrogen (secondary N) is 2. The number of hydrogen-bond donors (Lipinski definition) is 2. The monoisotopic (exact) mass is 437 g/mol. The number of allylic oxidation sites excluding steroid dienone is 1. The van der Waals surface area contributed by atoms with Crippen LogP contribution < -0.4 is 10.6 Å². The number of carbonyl (C=O) groups excluding carboxylic acids is 1. The number of amides is 1. The molecular formula is C26H20FN5O. The van der Waals surface area contributed by atoms with E-state index in [4.69, 9.17) is 0 Å². The summed E-state index contributed by atoms with van der Waals surface area (Å²) in [5.74, 6) is 0.0149. The van der Waals surface area contributed by atoms with Crippen molar-refractivity contribution in [2.75, 3.05) is 10.6 Å². The predicted molar refractivity (Wildman–Crippen MR) is 127 cm³/mol. The Balaban J connectivity index is 1.41. The molecule has 0 spiro atoms. The van der Waals surface area contributed by atoms with Crippen LogP contribution in [0.25, 0.3) is 11.8 Å². The van der Waals surface area contributed by atoms with Gasteiger partial charge < -0.3 is 5.32 Å². The van der Waals surface area contributed by atoms with Gasteiger partial charge in [-0.25, -0.2) is 9.07 Å². The Labute approximate surface area is 190 Å². The van der Waals surface area contributed by atoms with Crippen LogP contribution in [0, 0.1) is 5.82 Å². The number of rotatable bonds is 5. The maximum Gasteiger partial charge on any atom is 0.250 e. The van der Waals surface area contributed by atoms with Crippen molar-refractivity contribution in [3.05, 3.63) is 120 Å². The van der Waals surface area contributed by atoms with Crippen LogP contribution >= 0.6 is 0 Å². The van der Waals surface area contributed by atoms with Crippen LogP contribution in [0.4, 0.5) is 16.3 Å². The Kier molecular flexibility index (Phi) is 5.51. The zero-order valence-corrected chi connectivity index (χ0v) is 17.5. The SMILES string of the molecule is O=C(/C=C/c1ccc(F)cc1)Nc1nc2n(n1)[C@H](c1ccccc1)C=C(c1ccccc1)N2. The molecule has 2 N–H and O–H groups in total. The number of carbonyl (C=O) groups is 1. The molecule has 0 unspecified atom stereocenters. The molecule has 0 saturated carbocycles. The minimum atomic E-state index is -0.380. The molecule has 0 saturated heterocycles. The maximum absolute atomic E-state index is 13.0. The second-order valence-electron chi connectivity index (χ2n) is 7.50. The molecule has 0 bridgehead atoms. The molecule has 0 radical (unpaired) electrons. The maximum atomic E-state index is 13.0. The summed E-state index contributed by atoms with van der Waals surface area (Å²) < 4.78 is 14.8. The van der Waals surface area contributed by atoms with E-state index in [1.54, 1.807) is 22.9 Å². The lowest BCUT2D eigenvalue weighted by atomic mass is 10.0. The number of halogens is 1. The molecule has 0 aliphatic carbocycles. The summed E-state index contributed by atoms with van der Waals surface area (Å²) in [7, 11) is 0. The first-order valence-electron chi connectivity index (χ1n) is 10.5. The number of anilines is 2. The van der Waals surface area contributed by atoms with Crippen molar-refractivity contribution in [1.82, 2.24) is 14.8 Å². The minimum Gasteiger partial charge on any atom is -0.324 e. The lowest BCUT2D eigenvalue weighted by Crippen LogP contribution is -2.20. The predicted octanol–water partition coefficient (Wildman–Crippen LogP) is 5.13. The summed E-state index contributed by atoms with van der Waals surface area (Å²) in [4.78, 5) is 16.9. The Bertz CT molecular complexity index is 1330. The van der Waals surface area contributed by atoms with Crippen molar-refractivity contribution in [2.24, 2.45) is 0 Å². The molecule has 1 aromatic heterocycles. The number of benzene rings is 3. The highest BCUT2D eigenvalue weighted by Gasteiger charge is 2.25. The average molecular weight is 437 g/mol. The lowest BCUT2D eigenvalue weighted by Gasteiger charge is -2.24. The van der Waals surface area contributed by atoms with E-state index in [1.165, 1.54) is 18.2 Å². The molecule has 1 atom stereocenters. The summed E-state index contributed by atoms with van der Waals surface area (Å²) in [5, 5.41) is 10.5. The van der Waals surface area contributed by atoms with Crippen molar-refractivity contribution in [1.29, 1.82) is 0 Å². The van der Waals surface area contributed by atoms with E-state index in [0.29, 0.717) is 11.5 Å². The van der Waals surface area contributed by atoms with Gasteiger partial charge in [-0.15, -0.1) is 5.10 Å². The molecule has 1 aliphatic rings. The van der Waals surface area contributed by atoms with Gasteiger partial charge in [0.15, 0.2) is 0 Å². The van der Waals surface area contributed by atoms with E-state index in [2.05, 4.69) is 26.8 Å². The van der Waals surface area contributed by atoms with E-state index >= 15 is 0 Å². The number of nitrogens with zero attached hydrogens (tertiary/aromatic N) is 3. The number of aromatic nitrogens is 3. The van der Waals surface area contributed by atoms with Crippen LogP contribution in [-0.4, -0.2) is 20.7 Å². The van der Waals surface area contributed by atoms with Gasteiger partial charge in [0, 0.05) is 11.8 Å². The smallest absolute Gasteiger partial charge is 0.250 e. The second kappa shape index (κ2) is 8.92. The van der Waals surface area contributed by atoms with Gasteiger partial charge in [0.1, 0.15) is 11.9 Å². The van der Waals surface area contributed by atoms with E-state index in [9.17, 15) is 9.18 Å². The van der Waals surface area contributed by atoms with Crippen molar-refractivity contribution in [2.45, 2.75) is 6.04 Å². The summed E-state index contributed by atoms with van der Waals surface area (Å²) in [6, 6.07) is 25.7. The van der Waals surface area contributed by atoms with Crippen LogP contribution in [0.3, 0.4) is 0 Å². The van der Waals surface area contributed by atoms with E-state index < -0.39 is 0 Å². The van der Waals surface area contributed by atoms with Gasteiger partial charge in [0.2, 0.25) is 5.95 Å². The van der Waals surface area contributed by atoms with Gasteiger partial charge in [-0.1, -0.05) is 72.8 Å². The van der Waals surface area contributed by atoms with Crippen molar-refractivity contribution in [3.8, 4) is 0 Å². The quantitative estimate of drug-likeness (QED) is 0.425. The van der Waals surface area contributed by atoms with E-state index in [-0.39, 0.29) is 23.7 Å². The highest BCUT2D eigenvalue weighted by atomic mass is 19.1. The number of hydrogen-bond acceptors (Lipinski definition) is 4. The molecule has 7 heteroatoms. The molecule has 6 nitrogen and oxygen atoms in total. The Hall–Kier alpha value is -4.52. The third-order valence-corrected chi connectivity index (χ3v) is 5.22. The third kappa shape index (κ3) is 4.57. The van der Waals surface area contributed by atoms with Crippen LogP contribution in [0.15, 0.2) is 97.1 Å². The van der Waals surface area contributed by atoms with Gasteiger partial charge in [-0.3, -0.25) is 10.1 Å². The fraction of sp³-hybridized carbons (Fsp3) is 0.0385. The zero-order chi connectivity index (χ0) is 22.6. The molecule has 162 valence electrons. The third-order valence-electron chi connectivity index (χ3n) is 5.22. The summed E-state index contributed by atoms with van der Waals surface area (Å²) >= 11 is 0. The lowest BCUT2D eigenvalue weighted by molar-refractivity contribution is -0.111. The van der Waals surface area contributed by atoms with Crippen LogP contribution in [0.5, 0.6) is 0 Å². The second-order valence-corrected chi connectivity index (χ2v) is 7.50. The van der Waals surface area contributed by atoms with Crippen LogP contribution in [0.1, 0.15) is 22.7 Å². The van der Waals surface area contributed by atoms with E-state index in [1.807, 2.05) is 60.7 Å².